The molecule has 1 amide bonds. The lowest BCUT2D eigenvalue weighted by atomic mass is 10.2. The number of piperazine rings is 1. The van der Waals surface area contributed by atoms with Crippen molar-refractivity contribution >= 4 is 17.3 Å². The molecule has 0 saturated carbocycles. The van der Waals surface area contributed by atoms with Crippen molar-refractivity contribution in [2.45, 2.75) is 6.92 Å². The molecule has 98 valence electrons. The van der Waals surface area contributed by atoms with Crippen molar-refractivity contribution in [1.82, 2.24) is 4.90 Å². The molecule has 1 fully saturated rings. The molecule has 1 saturated heterocycles. The maximum atomic E-state index is 10.9. The molecule has 1 aromatic carbocycles. The van der Waals surface area contributed by atoms with Crippen molar-refractivity contribution in [1.29, 1.82) is 0 Å². The number of rotatable bonds is 2. The number of benzene rings is 1. The van der Waals surface area contributed by atoms with Crippen LogP contribution in [0.4, 0.5) is 11.4 Å². The van der Waals surface area contributed by atoms with Crippen LogP contribution in [-0.2, 0) is 4.79 Å². The van der Waals surface area contributed by atoms with Gasteiger partial charge in [0, 0.05) is 44.9 Å². The van der Waals surface area contributed by atoms with Crippen molar-refractivity contribution in [3.05, 3.63) is 18.2 Å². The first-order chi connectivity index (χ1) is 8.56. The molecular weight excluding hydrogens is 230 g/mol. The van der Waals surface area contributed by atoms with Crippen LogP contribution in [0.2, 0.25) is 0 Å². The van der Waals surface area contributed by atoms with Crippen LogP contribution in [0.15, 0.2) is 18.2 Å². The van der Waals surface area contributed by atoms with E-state index >= 15 is 0 Å². The predicted molar refractivity (Wildman–Crippen MR) is 72.1 cm³/mol. The number of carbonyl (C=O) groups is 1. The zero-order valence-corrected chi connectivity index (χ0v) is 10.8. The molecule has 1 aromatic rings. The van der Waals surface area contributed by atoms with Crippen molar-refractivity contribution in [3.63, 3.8) is 0 Å². The molecule has 5 nitrogen and oxygen atoms in total. The Morgan fingerprint density at radius 2 is 1.94 bits per heavy atom. The smallest absolute Gasteiger partial charge is 0.221 e. The highest BCUT2D eigenvalue weighted by Crippen LogP contribution is 2.30. The third-order valence-corrected chi connectivity index (χ3v) is 3.14. The average molecular weight is 249 g/mol. The van der Waals surface area contributed by atoms with Crippen molar-refractivity contribution in [2.75, 3.05) is 43.4 Å². The van der Waals surface area contributed by atoms with Gasteiger partial charge in [-0.1, -0.05) is 0 Å². The third kappa shape index (κ3) is 2.92. The van der Waals surface area contributed by atoms with E-state index in [-0.39, 0.29) is 11.7 Å². The molecule has 0 aromatic heterocycles. The van der Waals surface area contributed by atoms with Crippen LogP contribution in [0.1, 0.15) is 6.92 Å². The minimum Gasteiger partial charge on any atom is -0.506 e. The monoisotopic (exact) mass is 249 g/mol. The highest BCUT2D eigenvalue weighted by molar-refractivity contribution is 5.89. The Bertz CT molecular complexity index is 440. The third-order valence-electron chi connectivity index (χ3n) is 3.14. The molecule has 1 aliphatic rings. The van der Waals surface area contributed by atoms with Crippen LogP contribution in [0, 0.1) is 0 Å². The van der Waals surface area contributed by atoms with E-state index < -0.39 is 0 Å². The fraction of sp³-hybridized carbons (Fsp3) is 0.462. The largest absolute Gasteiger partial charge is 0.506 e. The van der Waals surface area contributed by atoms with Gasteiger partial charge in [-0.25, -0.2) is 0 Å². The number of nitrogens with one attached hydrogen (secondary N) is 1. The van der Waals surface area contributed by atoms with E-state index in [1.54, 1.807) is 6.07 Å². The Morgan fingerprint density at radius 1 is 1.28 bits per heavy atom. The Hall–Kier alpha value is -1.75. The zero-order valence-electron chi connectivity index (χ0n) is 10.8. The van der Waals surface area contributed by atoms with Crippen LogP contribution in [0.3, 0.4) is 0 Å². The second-order valence-corrected chi connectivity index (χ2v) is 4.68. The second kappa shape index (κ2) is 5.27. The highest BCUT2D eigenvalue weighted by Gasteiger charge is 2.17. The Balaban J connectivity index is 2.12. The lowest BCUT2D eigenvalue weighted by molar-refractivity contribution is -0.114. The number of hydrogen-bond acceptors (Lipinski definition) is 4. The number of phenolic OH excluding ortho intramolecular Hbond substituents is 1. The van der Waals surface area contributed by atoms with Gasteiger partial charge in [0.05, 0.1) is 5.69 Å². The average Bonchev–Trinajstić information content (AvgIpc) is 2.30. The maximum Gasteiger partial charge on any atom is 0.221 e. The van der Waals surface area contributed by atoms with Gasteiger partial charge in [-0.05, 0) is 19.2 Å². The van der Waals surface area contributed by atoms with Crippen molar-refractivity contribution < 1.29 is 9.90 Å². The van der Waals surface area contributed by atoms with Crippen LogP contribution >= 0.6 is 0 Å². The fourth-order valence-electron chi connectivity index (χ4n) is 2.12. The lowest BCUT2D eigenvalue weighted by Gasteiger charge is -2.34. The molecule has 0 radical (unpaired) electrons. The normalized spacial score (nSPS) is 16.7. The molecule has 1 aliphatic heterocycles. The molecule has 0 bridgehead atoms. The first kappa shape index (κ1) is 12.7. The summed E-state index contributed by atoms with van der Waals surface area (Å²) in [6.45, 7) is 5.25. The van der Waals surface area contributed by atoms with Crippen LogP contribution in [-0.4, -0.2) is 49.1 Å². The van der Waals surface area contributed by atoms with E-state index in [1.807, 2.05) is 12.1 Å². The molecule has 0 atom stereocenters. The van der Waals surface area contributed by atoms with Gasteiger partial charge in [0.15, 0.2) is 0 Å². The number of aromatic hydroxyl groups is 1. The predicted octanol–water partition coefficient (Wildman–Crippen LogP) is 1.10. The van der Waals surface area contributed by atoms with Crippen molar-refractivity contribution in [3.8, 4) is 5.75 Å². The van der Waals surface area contributed by atoms with Gasteiger partial charge in [-0.2, -0.15) is 0 Å². The van der Waals surface area contributed by atoms with Gasteiger partial charge in [0.1, 0.15) is 5.75 Å². The Kier molecular flexibility index (Phi) is 3.72. The number of amides is 1. The van der Waals surface area contributed by atoms with Crippen molar-refractivity contribution in [2.24, 2.45) is 0 Å². The number of carbonyl (C=O) groups excluding carboxylic acids is 1. The van der Waals surface area contributed by atoms with Crippen LogP contribution in [0.5, 0.6) is 5.75 Å². The van der Waals surface area contributed by atoms with Gasteiger partial charge < -0.3 is 20.2 Å². The van der Waals surface area contributed by atoms with E-state index in [2.05, 4.69) is 22.2 Å². The summed E-state index contributed by atoms with van der Waals surface area (Å²) >= 11 is 0. The van der Waals surface area contributed by atoms with Gasteiger partial charge in [0.25, 0.3) is 0 Å². The Morgan fingerprint density at radius 3 is 2.50 bits per heavy atom. The summed E-state index contributed by atoms with van der Waals surface area (Å²) in [6, 6.07) is 5.26. The molecule has 0 aliphatic carbocycles. The molecule has 5 heteroatoms. The first-order valence-corrected chi connectivity index (χ1v) is 6.10. The van der Waals surface area contributed by atoms with E-state index in [0.29, 0.717) is 5.69 Å². The highest BCUT2D eigenvalue weighted by atomic mass is 16.3. The minimum absolute atomic E-state index is 0.137. The number of likely N-dealkylation sites (N-methyl/N-ethyl adjacent to an activating group) is 1. The lowest BCUT2D eigenvalue weighted by Crippen LogP contribution is -2.44. The zero-order chi connectivity index (χ0) is 13.1. The maximum absolute atomic E-state index is 10.9. The SMILES string of the molecule is CC(=O)Nc1ccc(N2CCN(C)CC2)c(O)c1. The van der Waals surface area contributed by atoms with Gasteiger partial charge >= 0.3 is 0 Å². The summed E-state index contributed by atoms with van der Waals surface area (Å²) in [5.41, 5.74) is 1.45. The molecule has 2 rings (SSSR count). The topological polar surface area (TPSA) is 55.8 Å². The number of phenols is 1. The van der Waals surface area contributed by atoms with E-state index in [9.17, 15) is 9.90 Å². The van der Waals surface area contributed by atoms with E-state index in [1.165, 1.54) is 6.92 Å². The molecule has 0 spiro atoms. The molecule has 2 N–H and O–H groups in total. The first-order valence-electron chi connectivity index (χ1n) is 6.10. The summed E-state index contributed by atoms with van der Waals surface area (Å²) < 4.78 is 0. The fourth-order valence-corrected chi connectivity index (χ4v) is 2.12. The molecule has 1 heterocycles. The summed E-state index contributed by atoms with van der Waals surface area (Å²) in [5.74, 6) is 0.0764. The number of hydrogen-bond donors (Lipinski definition) is 2. The van der Waals surface area contributed by atoms with Crippen LogP contribution in [0.25, 0.3) is 0 Å². The molecular formula is C13H19N3O2. The van der Waals surface area contributed by atoms with E-state index in [0.717, 1.165) is 31.9 Å². The van der Waals surface area contributed by atoms with E-state index in [4.69, 9.17) is 0 Å². The summed E-state index contributed by atoms with van der Waals surface area (Å²) in [4.78, 5) is 15.4. The summed E-state index contributed by atoms with van der Waals surface area (Å²) in [6.07, 6.45) is 0. The second-order valence-electron chi connectivity index (χ2n) is 4.68. The minimum atomic E-state index is -0.137. The number of nitrogens with zero attached hydrogens (tertiary/aromatic N) is 2. The number of anilines is 2. The molecule has 0 unspecified atom stereocenters. The van der Waals surface area contributed by atoms with Gasteiger partial charge in [-0.3, -0.25) is 4.79 Å². The van der Waals surface area contributed by atoms with Gasteiger partial charge in [0.2, 0.25) is 5.91 Å². The summed E-state index contributed by atoms with van der Waals surface area (Å²) in [7, 11) is 2.09. The van der Waals surface area contributed by atoms with Gasteiger partial charge in [-0.15, -0.1) is 0 Å². The van der Waals surface area contributed by atoms with Crippen LogP contribution < -0.4 is 10.2 Å². The standard InChI is InChI=1S/C13H19N3O2/c1-10(17)14-11-3-4-12(13(18)9-11)16-7-5-15(2)6-8-16/h3-4,9,18H,5-8H2,1-2H3,(H,14,17). The Labute approximate surface area is 107 Å². The quantitative estimate of drug-likeness (QED) is 0.824. The summed E-state index contributed by atoms with van der Waals surface area (Å²) in [5, 5.41) is 12.7. The molecule has 18 heavy (non-hydrogen) atoms.